The van der Waals surface area contributed by atoms with Gasteiger partial charge < -0.3 is 4.74 Å². The number of ether oxygens (including phenoxy) is 1. The fourth-order valence-corrected chi connectivity index (χ4v) is 3.26. The van der Waals surface area contributed by atoms with Crippen LogP contribution in [0.5, 0.6) is 5.75 Å². The molecule has 1 aliphatic rings. The van der Waals surface area contributed by atoms with E-state index in [1.54, 1.807) is 20.3 Å². The van der Waals surface area contributed by atoms with E-state index in [-0.39, 0.29) is 6.10 Å². The Balaban J connectivity index is 1.90. The third-order valence-electron chi connectivity index (χ3n) is 3.38. The summed E-state index contributed by atoms with van der Waals surface area (Å²) in [6.07, 6.45) is 3.15. The maximum absolute atomic E-state index is 12.0. The minimum Gasteiger partial charge on any atom is -0.489 e. The summed E-state index contributed by atoms with van der Waals surface area (Å²) in [5.74, 6) is 0.740. The van der Waals surface area contributed by atoms with E-state index in [1.165, 1.54) is 8.61 Å². The summed E-state index contributed by atoms with van der Waals surface area (Å²) in [6, 6.07) is 3.80. The summed E-state index contributed by atoms with van der Waals surface area (Å²) < 4.78 is 32.6. The van der Waals surface area contributed by atoms with Gasteiger partial charge in [-0.05, 0) is 31.9 Å². The van der Waals surface area contributed by atoms with Crippen molar-refractivity contribution in [2.75, 3.05) is 27.2 Å². The van der Waals surface area contributed by atoms with Crippen molar-refractivity contribution >= 4 is 10.2 Å². The second-order valence-corrected chi connectivity index (χ2v) is 7.28. The highest BCUT2D eigenvalue weighted by Gasteiger charge is 2.30. The van der Waals surface area contributed by atoms with Crippen LogP contribution in [-0.2, 0) is 10.2 Å². The molecule has 0 aromatic carbocycles. The molecule has 1 aliphatic heterocycles. The predicted octanol–water partition coefficient (Wildman–Crippen LogP) is 1.04. The van der Waals surface area contributed by atoms with Crippen molar-refractivity contribution < 1.29 is 13.2 Å². The van der Waals surface area contributed by atoms with E-state index in [2.05, 4.69) is 4.98 Å². The molecular formula is C13H21N3O3S. The topological polar surface area (TPSA) is 62.7 Å². The molecule has 0 spiro atoms. The van der Waals surface area contributed by atoms with Gasteiger partial charge in [-0.25, -0.2) is 0 Å². The Morgan fingerprint density at radius 2 is 1.95 bits per heavy atom. The summed E-state index contributed by atoms with van der Waals surface area (Å²) in [5.41, 5.74) is 0.948. The normalized spacial score (nSPS) is 18.4. The third-order valence-corrected chi connectivity index (χ3v) is 5.32. The molecule has 1 fully saturated rings. The monoisotopic (exact) mass is 299 g/mol. The van der Waals surface area contributed by atoms with Gasteiger partial charge in [0.05, 0.1) is 6.20 Å². The molecule has 0 unspecified atom stereocenters. The molecule has 1 saturated heterocycles. The molecule has 0 bridgehead atoms. The standard InChI is InChI=1S/C13H21N3O3S/c1-11-4-5-13(10-14-11)19-12-6-8-16(9-7-12)20(17,18)15(2)3/h4-5,10,12H,6-9H2,1-3H3. The van der Waals surface area contributed by atoms with Gasteiger partial charge >= 0.3 is 0 Å². The van der Waals surface area contributed by atoms with E-state index >= 15 is 0 Å². The molecule has 2 heterocycles. The second kappa shape index (κ2) is 6.07. The highest BCUT2D eigenvalue weighted by Crippen LogP contribution is 2.20. The van der Waals surface area contributed by atoms with Crippen LogP contribution in [0.15, 0.2) is 18.3 Å². The lowest BCUT2D eigenvalue weighted by molar-refractivity contribution is 0.132. The number of nitrogens with zero attached hydrogens (tertiary/aromatic N) is 3. The Hall–Kier alpha value is -1.18. The Morgan fingerprint density at radius 1 is 1.30 bits per heavy atom. The lowest BCUT2D eigenvalue weighted by Crippen LogP contribution is -2.46. The maximum Gasteiger partial charge on any atom is 0.281 e. The Bertz CT molecular complexity index is 534. The van der Waals surface area contributed by atoms with Crippen molar-refractivity contribution in [3.05, 3.63) is 24.0 Å². The SMILES string of the molecule is Cc1ccc(OC2CCN(S(=O)(=O)N(C)C)CC2)cn1. The van der Waals surface area contributed by atoms with Crippen molar-refractivity contribution in [1.82, 2.24) is 13.6 Å². The highest BCUT2D eigenvalue weighted by molar-refractivity contribution is 7.86. The van der Waals surface area contributed by atoms with Gasteiger partial charge in [0.25, 0.3) is 10.2 Å². The average Bonchev–Trinajstić information content (AvgIpc) is 2.42. The molecule has 1 aromatic rings. The van der Waals surface area contributed by atoms with Crippen LogP contribution in [0.4, 0.5) is 0 Å². The van der Waals surface area contributed by atoms with E-state index in [0.717, 1.165) is 11.4 Å². The van der Waals surface area contributed by atoms with Gasteiger partial charge in [-0.2, -0.15) is 17.0 Å². The fraction of sp³-hybridized carbons (Fsp3) is 0.615. The molecule has 7 heteroatoms. The minimum absolute atomic E-state index is 0.0492. The van der Waals surface area contributed by atoms with Gasteiger partial charge in [0.15, 0.2) is 0 Å². The van der Waals surface area contributed by atoms with Crippen LogP contribution >= 0.6 is 0 Å². The number of aryl methyl sites for hydroxylation is 1. The molecule has 0 aliphatic carbocycles. The molecule has 1 aromatic heterocycles. The molecule has 0 saturated carbocycles. The first kappa shape index (κ1) is 15.2. The molecule has 0 N–H and O–H groups in total. The summed E-state index contributed by atoms with van der Waals surface area (Å²) in [6.45, 7) is 2.91. The van der Waals surface area contributed by atoms with E-state index in [4.69, 9.17) is 4.74 Å². The molecule has 0 radical (unpaired) electrons. The fourth-order valence-electron chi connectivity index (χ4n) is 2.13. The van der Waals surface area contributed by atoms with Crippen molar-refractivity contribution in [2.45, 2.75) is 25.9 Å². The molecule has 6 nitrogen and oxygen atoms in total. The number of pyridine rings is 1. The van der Waals surface area contributed by atoms with Gasteiger partial charge in [0.2, 0.25) is 0 Å². The van der Waals surface area contributed by atoms with Crippen molar-refractivity contribution in [2.24, 2.45) is 0 Å². The van der Waals surface area contributed by atoms with Gasteiger partial charge in [0, 0.05) is 32.9 Å². The third kappa shape index (κ3) is 3.47. The van der Waals surface area contributed by atoms with Crippen LogP contribution in [0, 0.1) is 6.92 Å². The number of piperidine rings is 1. The van der Waals surface area contributed by atoms with Crippen molar-refractivity contribution in [3.63, 3.8) is 0 Å². The number of hydrogen-bond acceptors (Lipinski definition) is 4. The maximum atomic E-state index is 12.0. The Kier molecular flexibility index (Phi) is 4.62. The number of aromatic nitrogens is 1. The zero-order valence-electron chi connectivity index (χ0n) is 12.1. The first-order valence-electron chi connectivity index (χ1n) is 6.66. The molecule has 20 heavy (non-hydrogen) atoms. The van der Waals surface area contributed by atoms with E-state index in [9.17, 15) is 8.42 Å². The van der Waals surface area contributed by atoms with Gasteiger partial charge in [0.1, 0.15) is 11.9 Å². The van der Waals surface area contributed by atoms with Crippen LogP contribution in [0.3, 0.4) is 0 Å². The minimum atomic E-state index is -3.30. The molecule has 112 valence electrons. The van der Waals surface area contributed by atoms with Crippen molar-refractivity contribution in [3.8, 4) is 5.75 Å². The van der Waals surface area contributed by atoms with Crippen LogP contribution in [0.1, 0.15) is 18.5 Å². The summed E-state index contributed by atoms with van der Waals surface area (Å²) >= 11 is 0. The molecular weight excluding hydrogens is 278 g/mol. The quantitative estimate of drug-likeness (QED) is 0.833. The first-order valence-corrected chi connectivity index (χ1v) is 8.06. The zero-order chi connectivity index (χ0) is 14.8. The molecule has 0 atom stereocenters. The lowest BCUT2D eigenvalue weighted by atomic mass is 10.1. The molecule has 2 rings (SSSR count). The van der Waals surface area contributed by atoms with Crippen LogP contribution in [0.2, 0.25) is 0 Å². The smallest absolute Gasteiger partial charge is 0.281 e. The van der Waals surface area contributed by atoms with E-state index in [0.29, 0.717) is 25.9 Å². The van der Waals surface area contributed by atoms with Crippen LogP contribution in [-0.4, -0.2) is 55.3 Å². The van der Waals surface area contributed by atoms with Crippen LogP contribution in [0.25, 0.3) is 0 Å². The Labute approximate surface area is 120 Å². The number of hydrogen-bond donors (Lipinski definition) is 0. The largest absolute Gasteiger partial charge is 0.489 e. The summed E-state index contributed by atoms with van der Waals surface area (Å²) in [7, 11) is -0.200. The summed E-state index contributed by atoms with van der Waals surface area (Å²) in [5, 5.41) is 0. The highest BCUT2D eigenvalue weighted by atomic mass is 32.2. The number of rotatable bonds is 4. The van der Waals surface area contributed by atoms with E-state index in [1.807, 2.05) is 19.1 Å². The zero-order valence-corrected chi connectivity index (χ0v) is 12.9. The summed E-state index contributed by atoms with van der Waals surface area (Å²) in [4.78, 5) is 4.18. The Morgan fingerprint density at radius 3 is 2.45 bits per heavy atom. The van der Waals surface area contributed by atoms with Crippen LogP contribution < -0.4 is 4.74 Å². The van der Waals surface area contributed by atoms with Gasteiger partial charge in [-0.1, -0.05) is 0 Å². The predicted molar refractivity (Wildman–Crippen MR) is 76.8 cm³/mol. The van der Waals surface area contributed by atoms with E-state index < -0.39 is 10.2 Å². The lowest BCUT2D eigenvalue weighted by Gasteiger charge is -2.32. The van der Waals surface area contributed by atoms with Gasteiger partial charge in [-0.15, -0.1) is 0 Å². The average molecular weight is 299 g/mol. The second-order valence-electron chi connectivity index (χ2n) is 5.14. The van der Waals surface area contributed by atoms with Crippen molar-refractivity contribution in [1.29, 1.82) is 0 Å². The molecule has 0 amide bonds. The first-order chi connectivity index (χ1) is 9.39. The van der Waals surface area contributed by atoms with Gasteiger partial charge in [-0.3, -0.25) is 4.98 Å².